The molecule has 150 valence electrons. The monoisotopic (exact) mass is 410 g/mol. The van der Waals surface area contributed by atoms with E-state index >= 15 is 0 Å². The predicted molar refractivity (Wildman–Crippen MR) is 117 cm³/mol. The molecule has 3 aromatic rings. The first-order chi connectivity index (χ1) is 14.2. The standard InChI is InChI=1S/C23H24ClFN4/c24-21-15-28-23(29-19-4-2-1-3-5-19)13-20(21)17-10-11-26-22(12-17)27-14-16-6-8-18(25)9-7-16/h6-13,15,19H,1-5,14H2,(H,26,27)(H,28,29). The molecule has 1 aliphatic rings. The van der Waals surface area contributed by atoms with Crippen molar-refractivity contribution in [2.24, 2.45) is 0 Å². The Labute approximate surface area is 175 Å². The molecule has 0 unspecified atom stereocenters. The molecule has 4 rings (SSSR count). The first-order valence-corrected chi connectivity index (χ1v) is 10.4. The van der Waals surface area contributed by atoms with Crippen molar-refractivity contribution < 1.29 is 4.39 Å². The van der Waals surface area contributed by atoms with Crippen molar-refractivity contribution in [2.75, 3.05) is 10.6 Å². The first kappa shape index (κ1) is 19.6. The molecule has 0 radical (unpaired) electrons. The zero-order chi connectivity index (χ0) is 20.1. The first-order valence-electron chi connectivity index (χ1n) is 10.0. The van der Waals surface area contributed by atoms with E-state index in [4.69, 9.17) is 11.6 Å². The Hall–Kier alpha value is -2.66. The Bertz CT molecular complexity index is 955. The van der Waals surface area contributed by atoms with E-state index in [1.54, 1.807) is 24.5 Å². The highest BCUT2D eigenvalue weighted by molar-refractivity contribution is 6.33. The number of pyridine rings is 2. The second kappa shape index (κ2) is 9.23. The van der Waals surface area contributed by atoms with Gasteiger partial charge in [0.05, 0.1) is 5.02 Å². The van der Waals surface area contributed by atoms with Crippen molar-refractivity contribution in [3.8, 4) is 11.1 Å². The summed E-state index contributed by atoms with van der Waals surface area (Å²) in [6, 6.07) is 12.8. The van der Waals surface area contributed by atoms with E-state index in [-0.39, 0.29) is 5.82 Å². The van der Waals surface area contributed by atoms with Crippen LogP contribution in [0.25, 0.3) is 11.1 Å². The van der Waals surface area contributed by atoms with Crippen LogP contribution in [0.15, 0.2) is 54.9 Å². The van der Waals surface area contributed by atoms with E-state index in [2.05, 4.69) is 20.6 Å². The molecule has 2 N–H and O–H groups in total. The molecule has 6 heteroatoms. The summed E-state index contributed by atoms with van der Waals surface area (Å²) in [4.78, 5) is 8.84. The molecule has 0 aliphatic heterocycles. The Morgan fingerprint density at radius 3 is 2.55 bits per heavy atom. The lowest BCUT2D eigenvalue weighted by Gasteiger charge is -2.23. The van der Waals surface area contributed by atoms with Crippen LogP contribution in [0, 0.1) is 5.82 Å². The van der Waals surface area contributed by atoms with Gasteiger partial charge in [-0.15, -0.1) is 0 Å². The Morgan fingerprint density at radius 2 is 1.76 bits per heavy atom. The normalized spacial score (nSPS) is 14.6. The lowest BCUT2D eigenvalue weighted by molar-refractivity contribution is 0.462. The Morgan fingerprint density at radius 1 is 0.966 bits per heavy atom. The van der Waals surface area contributed by atoms with Gasteiger partial charge in [0.1, 0.15) is 17.5 Å². The maximum Gasteiger partial charge on any atom is 0.126 e. The van der Waals surface area contributed by atoms with Crippen molar-refractivity contribution >= 4 is 23.2 Å². The molecule has 0 bridgehead atoms. The summed E-state index contributed by atoms with van der Waals surface area (Å²) in [5, 5.41) is 7.44. The topological polar surface area (TPSA) is 49.8 Å². The number of rotatable bonds is 6. The molecule has 0 amide bonds. The zero-order valence-electron chi connectivity index (χ0n) is 16.2. The molecule has 2 heterocycles. The molecular weight excluding hydrogens is 387 g/mol. The van der Waals surface area contributed by atoms with E-state index in [1.807, 2.05) is 18.2 Å². The Balaban J connectivity index is 1.49. The van der Waals surface area contributed by atoms with Gasteiger partial charge in [0.15, 0.2) is 0 Å². The van der Waals surface area contributed by atoms with Crippen molar-refractivity contribution in [1.82, 2.24) is 9.97 Å². The average molecular weight is 411 g/mol. The molecular formula is C23H24ClFN4. The quantitative estimate of drug-likeness (QED) is 0.501. The number of nitrogens with one attached hydrogen (secondary N) is 2. The molecule has 1 aliphatic carbocycles. The van der Waals surface area contributed by atoms with Gasteiger partial charge in [-0.2, -0.15) is 0 Å². The maximum absolute atomic E-state index is 13.1. The molecule has 1 fully saturated rings. The lowest BCUT2D eigenvalue weighted by Crippen LogP contribution is -2.22. The highest BCUT2D eigenvalue weighted by atomic mass is 35.5. The van der Waals surface area contributed by atoms with E-state index in [1.165, 1.54) is 44.2 Å². The van der Waals surface area contributed by atoms with Crippen molar-refractivity contribution in [2.45, 2.75) is 44.7 Å². The minimum Gasteiger partial charge on any atom is -0.367 e. The summed E-state index contributed by atoms with van der Waals surface area (Å²) in [7, 11) is 0. The second-order valence-corrected chi connectivity index (χ2v) is 7.85. The summed E-state index contributed by atoms with van der Waals surface area (Å²) in [6.07, 6.45) is 9.69. The molecule has 4 nitrogen and oxygen atoms in total. The van der Waals surface area contributed by atoms with Crippen molar-refractivity contribution in [1.29, 1.82) is 0 Å². The largest absolute Gasteiger partial charge is 0.367 e. The summed E-state index contributed by atoms with van der Waals surface area (Å²) in [5.74, 6) is 1.36. The van der Waals surface area contributed by atoms with Crippen LogP contribution in [0.4, 0.5) is 16.0 Å². The summed E-state index contributed by atoms with van der Waals surface area (Å²) >= 11 is 6.45. The van der Waals surface area contributed by atoms with Crippen LogP contribution in [-0.4, -0.2) is 16.0 Å². The third kappa shape index (κ3) is 5.24. The van der Waals surface area contributed by atoms with Gasteiger partial charge in [0, 0.05) is 30.5 Å². The predicted octanol–water partition coefficient (Wildman–Crippen LogP) is 6.29. The van der Waals surface area contributed by atoms with Crippen LogP contribution in [0.3, 0.4) is 0 Å². The average Bonchev–Trinajstić information content (AvgIpc) is 2.76. The number of halogens is 2. The van der Waals surface area contributed by atoms with Crippen LogP contribution >= 0.6 is 11.6 Å². The third-order valence-electron chi connectivity index (χ3n) is 5.27. The highest BCUT2D eigenvalue weighted by Crippen LogP contribution is 2.31. The fourth-order valence-corrected chi connectivity index (χ4v) is 3.90. The van der Waals surface area contributed by atoms with E-state index in [0.717, 1.165) is 28.3 Å². The number of anilines is 2. The smallest absolute Gasteiger partial charge is 0.126 e. The second-order valence-electron chi connectivity index (χ2n) is 7.44. The lowest BCUT2D eigenvalue weighted by atomic mass is 9.95. The van der Waals surface area contributed by atoms with Gasteiger partial charge in [0.25, 0.3) is 0 Å². The van der Waals surface area contributed by atoms with Crippen LogP contribution in [-0.2, 0) is 6.54 Å². The van der Waals surface area contributed by atoms with Crippen LogP contribution in [0.5, 0.6) is 0 Å². The summed E-state index contributed by atoms with van der Waals surface area (Å²) < 4.78 is 13.1. The van der Waals surface area contributed by atoms with Gasteiger partial charge in [-0.05, 0) is 54.3 Å². The van der Waals surface area contributed by atoms with Gasteiger partial charge in [-0.3, -0.25) is 0 Å². The van der Waals surface area contributed by atoms with E-state index in [9.17, 15) is 4.39 Å². The summed E-state index contributed by atoms with van der Waals surface area (Å²) in [6.45, 7) is 0.565. The minimum absolute atomic E-state index is 0.237. The zero-order valence-corrected chi connectivity index (χ0v) is 16.9. The number of nitrogens with zero attached hydrogens (tertiary/aromatic N) is 2. The summed E-state index contributed by atoms with van der Waals surface area (Å²) in [5.41, 5.74) is 2.88. The fourth-order valence-electron chi connectivity index (χ4n) is 3.68. The molecule has 2 aromatic heterocycles. The maximum atomic E-state index is 13.1. The SMILES string of the molecule is Fc1ccc(CNc2cc(-c3cc(NC4CCCCC4)ncc3Cl)ccn2)cc1. The van der Waals surface area contributed by atoms with Crippen LogP contribution < -0.4 is 10.6 Å². The van der Waals surface area contributed by atoms with E-state index in [0.29, 0.717) is 17.6 Å². The van der Waals surface area contributed by atoms with Gasteiger partial charge in [-0.1, -0.05) is 43.0 Å². The molecule has 1 aromatic carbocycles. The van der Waals surface area contributed by atoms with Gasteiger partial charge < -0.3 is 10.6 Å². The molecule has 0 spiro atoms. The van der Waals surface area contributed by atoms with E-state index < -0.39 is 0 Å². The molecule has 0 atom stereocenters. The highest BCUT2D eigenvalue weighted by Gasteiger charge is 2.15. The molecule has 29 heavy (non-hydrogen) atoms. The van der Waals surface area contributed by atoms with Crippen molar-refractivity contribution in [3.05, 3.63) is 71.3 Å². The minimum atomic E-state index is -0.237. The van der Waals surface area contributed by atoms with Crippen molar-refractivity contribution in [3.63, 3.8) is 0 Å². The van der Waals surface area contributed by atoms with Crippen LogP contribution in [0.2, 0.25) is 5.02 Å². The fraction of sp³-hybridized carbons (Fsp3) is 0.304. The molecule has 0 saturated heterocycles. The van der Waals surface area contributed by atoms with Crippen LogP contribution in [0.1, 0.15) is 37.7 Å². The number of aromatic nitrogens is 2. The van der Waals surface area contributed by atoms with Gasteiger partial charge in [0.2, 0.25) is 0 Å². The van der Waals surface area contributed by atoms with Gasteiger partial charge in [-0.25, -0.2) is 14.4 Å². The van der Waals surface area contributed by atoms with Gasteiger partial charge >= 0.3 is 0 Å². The number of benzene rings is 1. The third-order valence-corrected chi connectivity index (χ3v) is 5.57. The number of hydrogen-bond acceptors (Lipinski definition) is 4. The molecule has 1 saturated carbocycles. The Kier molecular flexibility index (Phi) is 6.25. The number of hydrogen-bond donors (Lipinski definition) is 2.